The minimum Gasteiger partial charge on any atom is -0.457 e. The molecule has 360 valence electrons. The Morgan fingerprint density at radius 3 is 1.63 bits per heavy atom. The summed E-state index contributed by atoms with van der Waals surface area (Å²) in [5, 5.41) is 30.7. The molecule has 0 radical (unpaired) electrons. The molecule has 1 fully saturated rings. The summed E-state index contributed by atoms with van der Waals surface area (Å²) in [6.07, 6.45) is 41.1. The van der Waals surface area contributed by atoms with Crippen LogP contribution in [0.4, 0.5) is 0 Å². The van der Waals surface area contributed by atoms with E-state index < -0.39 is 59.8 Å². The van der Waals surface area contributed by atoms with Gasteiger partial charge in [-0.2, -0.15) is 8.42 Å². The number of esters is 1. The predicted octanol–water partition coefficient (Wildman–Crippen LogP) is 10.5. The Bertz CT molecular complexity index is 1310. The van der Waals surface area contributed by atoms with Crippen LogP contribution in [0.1, 0.15) is 181 Å². The number of carbonyl (C=O) groups is 1. The lowest BCUT2D eigenvalue weighted by Gasteiger charge is -2.41. The van der Waals surface area contributed by atoms with Crippen LogP contribution in [0.2, 0.25) is 0 Å². The molecule has 4 N–H and O–H groups in total. The number of ether oxygens (including phenoxy) is 4. The van der Waals surface area contributed by atoms with Crippen molar-refractivity contribution in [2.75, 3.05) is 26.4 Å². The molecule has 0 bridgehead atoms. The summed E-state index contributed by atoms with van der Waals surface area (Å²) in [6, 6.07) is 0. The molecule has 0 saturated carbocycles. The lowest BCUT2D eigenvalue weighted by Crippen LogP contribution is -2.60. The Kier molecular flexibility index (Phi) is 37.6. The standard InChI is InChI=1S/C49H86O12S/c1-3-5-7-9-11-13-15-17-19-20-21-22-23-25-27-29-31-33-35-37-39-57-41-43(42-58-49-47(53)48(61-62(54,55)56)46(52)44(40-50)60-49)59-45(51)38-36-34-32-30-28-26-24-18-16-14-12-10-8-6-4-2/h5,7,11,13,17,19,21-22,25,27,43-44,46-50,52-53H,3-4,6,8-10,12,14-16,18,20,23-24,26,28-42H2,1-2H3,(H,54,55,56)/b7-5-,13-11-,19-17-,22-21-,27-25-. The van der Waals surface area contributed by atoms with E-state index in [1.807, 2.05) is 0 Å². The third kappa shape index (κ3) is 33.3. The molecule has 13 heteroatoms. The maximum atomic E-state index is 12.9. The molecule has 0 spiro atoms. The van der Waals surface area contributed by atoms with E-state index in [0.717, 1.165) is 83.5 Å². The van der Waals surface area contributed by atoms with Gasteiger partial charge in [-0.1, -0.05) is 177 Å². The number of aliphatic hydroxyl groups excluding tert-OH is 3. The molecule has 0 aromatic rings. The molecule has 0 aromatic carbocycles. The van der Waals surface area contributed by atoms with Crippen LogP contribution in [0.25, 0.3) is 0 Å². The fourth-order valence-corrected chi connectivity index (χ4v) is 7.56. The maximum absolute atomic E-state index is 12.9. The van der Waals surface area contributed by atoms with Crippen molar-refractivity contribution in [2.24, 2.45) is 0 Å². The largest absolute Gasteiger partial charge is 0.457 e. The number of unbranched alkanes of at least 4 members (excludes halogenated alkanes) is 18. The molecule has 1 rings (SSSR count). The van der Waals surface area contributed by atoms with Crippen LogP contribution in [0.3, 0.4) is 0 Å². The molecule has 62 heavy (non-hydrogen) atoms. The highest BCUT2D eigenvalue weighted by Crippen LogP contribution is 2.26. The van der Waals surface area contributed by atoms with E-state index in [4.69, 9.17) is 18.9 Å². The quantitative estimate of drug-likeness (QED) is 0.0198. The number of allylic oxidation sites excluding steroid dienone is 10. The summed E-state index contributed by atoms with van der Waals surface area (Å²) in [7, 11) is -5.07. The Labute approximate surface area is 376 Å². The van der Waals surface area contributed by atoms with E-state index in [9.17, 15) is 33.1 Å². The van der Waals surface area contributed by atoms with E-state index >= 15 is 0 Å². The van der Waals surface area contributed by atoms with Gasteiger partial charge in [-0.05, 0) is 57.8 Å². The fourth-order valence-electron chi connectivity index (χ4n) is 7.05. The normalized spacial score (nSPS) is 20.5. The van der Waals surface area contributed by atoms with Crippen molar-refractivity contribution in [1.29, 1.82) is 0 Å². The zero-order valence-corrected chi connectivity index (χ0v) is 39.2. The van der Waals surface area contributed by atoms with Gasteiger partial charge in [-0.15, -0.1) is 0 Å². The number of carbonyl (C=O) groups excluding carboxylic acids is 1. The van der Waals surface area contributed by atoms with Crippen molar-refractivity contribution in [3.05, 3.63) is 60.8 Å². The first kappa shape index (κ1) is 57.8. The Morgan fingerprint density at radius 2 is 1.11 bits per heavy atom. The first-order chi connectivity index (χ1) is 30.1. The van der Waals surface area contributed by atoms with Gasteiger partial charge in [0.2, 0.25) is 0 Å². The van der Waals surface area contributed by atoms with Crippen LogP contribution < -0.4 is 0 Å². The third-order valence-corrected chi connectivity index (χ3v) is 11.1. The number of hydrogen-bond donors (Lipinski definition) is 4. The Balaban J connectivity index is 2.42. The number of aliphatic hydroxyl groups is 3. The van der Waals surface area contributed by atoms with Crippen LogP contribution in [0.15, 0.2) is 60.8 Å². The minimum atomic E-state index is -5.07. The lowest BCUT2D eigenvalue weighted by molar-refractivity contribution is -0.301. The van der Waals surface area contributed by atoms with Crippen molar-refractivity contribution in [3.8, 4) is 0 Å². The van der Waals surface area contributed by atoms with Gasteiger partial charge in [-0.25, -0.2) is 4.18 Å². The maximum Gasteiger partial charge on any atom is 0.397 e. The summed E-state index contributed by atoms with van der Waals surface area (Å²) in [5.74, 6) is -0.409. The third-order valence-electron chi connectivity index (χ3n) is 10.7. The zero-order valence-electron chi connectivity index (χ0n) is 38.4. The van der Waals surface area contributed by atoms with Crippen molar-refractivity contribution in [1.82, 2.24) is 0 Å². The zero-order chi connectivity index (χ0) is 45.4. The van der Waals surface area contributed by atoms with Gasteiger partial charge in [0.15, 0.2) is 6.29 Å². The highest BCUT2D eigenvalue weighted by atomic mass is 32.3. The van der Waals surface area contributed by atoms with Gasteiger partial charge in [0.1, 0.15) is 30.5 Å². The average molecular weight is 899 g/mol. The predicted molar refractivity (Wildman–Crippen MR) is 248 cm³/mol. The summed E-state index contributed by atoms with van der Waals surface area (Å²) >= 11 is 0. The molecular weight excluding hydrogens is 813 g/mol. The Morgan fingerprint density at radius 1 is 0.629 bits per heavy atom. The summed E-state index contributed by atoms with van der Waals surface area (Å²) < 4.78 is 59.1. The minimum absolute atomic E-state index is 0.0183. The van der Waals surface area contributed by atoms with E-state index in [-0.39, 0.29) is 19.6 Å². The topological polar surface area (TPSA) is 178 Å². The second kappa shape index (κ2) is 40.3. The highest BCUT2D eigenvalue weighted by molar-refractivity contribution is 7.80. The van der Waals surface area contributed by atoms with Crippen molar-refractivity contribution < 1.29 is 56.2 Å². The summed E-state index contributed by atoms with van der Waals surface area (Å²) in [6.45, 7) is 3.82. The number of rotatable bonds is 41. The monoisotopic (exact) mass is 899 g/mol. The Hall–Kier alpha value is -2.20. The lowest BCUT2D eigenvalue weighted by atomic mass is 9.99. The van der Waals surface area contributed by atoms with Crippen molar-refractivity contribution in [3.63, 3.8) is 0 Å². The van der Waals surface area contributed by atoms with Crippen LogP contribution >= 0.6 is 0 Å². The van der Waals surface area contributed by atoms with Crippen LogP contribution in [-0.4, -0.2) is 97.5 Å². The van der Waals surface area contributed by atoms with Gasteiger partial charge in [-0.3, -0.25) is 9.35 Å². The van der Waals surface area contributed by atoms with Gasteiger partial charge < -0.3 is 34.3 Å². The van der Waals surface area contributed by atoms with Crippen LogP contribution in [0, 0.1) is 0 Å². The first-order valence-electron chi connectivity index (χ1n) is 24.0. The van der Waals surface area contributed by atoms with Gasteiger partial charge in [0.05, 0.1) is 19.8 Å². The molecule has 1 saturated heterocycles. The van der Waals surface area contributed by atoms with E-state index in [2.05, 4.69) is 78.8 Å². The second-order valence-corrected chi connectivity index (χ2v) is 17.4. The van der Waals surface area contributed by atoms with Crippen LogP contribution in [-0.2, 0) is 38.3 Å². The van der Waals surface area contributed by atoms with E-state index in [1.54, 1.807) is 0 Å². The molecule has 1 heterocycles. The van der Waals surface area contributed by atoms with Crippen molar-refractivity contribution in [2.45, 2.75) is 218 Å². The average Bonchev–Trinajstić information content (AvgIpc) is 3.24. The SMILES string of the molecule is CC/C=C\C/C=C\C/C=C\C/C=C\C/C=C\CCCCCCOCC(COC1OC(CO)C(O)C(OS(=O)(=O)O)C1O)OC(=O)CCCCCCCCCCCCCCCCC. The molecule has 6 unspecified atom stereocenters. The summed E-state index contributed by atoms with van der Waals surface area (Å²) in [5.41, 5.74) is 0. The molecular formula is C49H86O12S. The first-order valence-corrected chi connectivity index (χ1v) is 25.4. The molecule has 0 aliphatic carbocycles. The van der Waals surface area contributed by atoms with Gasteiger partial charge >= 0.3 is 16.4 Å². The second-order valence-electron chi connectivity index (χ2n) is 16.3. The molecule has 0 aromatic heterocycles. The molecule has 1 aliphatic rings. The van der Waals surface area contributed by atoms with E-state index in [0.29, 0.717) is 13.0 Å². The van der Waals surface area contributed by atoms with Crippen LogP contribution in [0.5, 0.6) is 0 Å². The summed E-state index contributed by atoms with van der Waals surface area (Å²) in [4.78, 5) is 12.9. The van der Waals surface area contributed by atoms with Crippen molar-refractivity contribution >= 4 is 16.4 Å². The number of hydrogen-bond acceptors (Lipinski definition) is 11. The molecule has 1 aliphatic heterocycles. The molecule has 12 nitrogen and oxygen atoms in total. The van der Waals surface area contributed by atoms with E-state index in [1.165, 1.54) is 70.6 Å². The van der Waals surface area contributed by atoms with Gasteiger partial charge in [0.25, 0.3) is 0 Å². The van der Waals surface area contributed by atoms with Gasteiger partial charge in [0, 0.05) is 13.0 Å². The molecule has 0 amide bonds. The molecule has 6 atom stereocenters. The smallest absolute Gasteiger partial charge is 0.397 e. The fraction of sp³-hybridized carbons (Fsp3) is 0.776. The highest BCUT2D eigenvalue weighted by Gasteiger charge is 2.48.